The van der Waals surface area contributed by atoms with Gasteiger partial charge in [0.15, 0.2) is 0 Å². The monoisotopic (exact) mass is 275 g/mol. The molecule has 3 rings (SSSR count). The summed E-state index contributed by atoms with van der Waals surface area (Å²) in [6.45, 7) is 0.905. The number of nitriles is 1. The van der Waals surface area contributed by atoms with E-state index in [-0.39, 0.29) is 0 Å². The van der Waals surface area contributed by atoms with E-state index in [4.69, 9.17) is 0 Å². The Labute approximate surface area is 124 Å². The maximum atomic E-state index is 9.30. The molecule has 21 heavy (non-hydrogen) atoms. The van der Waals surface area contributed by atoms with E-state index < -0.39 is 0 Å². The van der Waals surface area contributed by atoms with Gasteiger partial charge in [-0.3, -0.25) is 0 Å². The topological polar surface area (TPSA) is 31.4 Å². The number of hydrogen-bond donors (Lipinski definition) is 0. The SMILES string of the molecule is CN(C)Cc1cccc(-c2cc(C#N)c3ccccn23)c1. The van der Waals surface area contributed by atoms with Crippen molar-refractivity contribution in [1.82, 2.24) is 9.30 Å². The van der Waals surface area contributed by atoms with Crippen molar-refractivity contribution in [2.24, 2.45) is 0 Å². The Morgan fingerprint density at radius 1 is 1.10 bits per heavy atom. The minimum atomic E-state index is 0.712. The van der Waals surface area contributed by atoms with Gasteiger partial charge in [-0.1, -0.05) is 24.3 Å². The highest BCUT2D eigenvalue weighted by molar-refractivity contribution is 5.74. The summed E-state index contributed by atoms with van der Waals surface area (Å²) < 4.78 is 2.08. The summed E-state index contributed by atoms with van der Waals surface area (Å²) in [4.78, 5) is 2.15. The van der Waals surface area contributed by atoms with E-state index in [1.165, 1.54) is 5.56 Å². The van der Waals surface area contributed by atoms with Gasteiger partial charge in [0.05, 0.1) is 16.8 Å². The lowest BCUT2D eigenvalue weighted by Gasteiger charge is -2.11. The Morgan fingerprint density at radius 3 is 2.71 bits per heavy atom. The molecule has 0 fully saturated rings. The van der Waals surface area contributed by atoms with Gasteiger partial charge >= 0.3 is 0 Å². The molecule has 2 aromatic heterocycles. The number of aromatic nitrogens is 1. The Kier molecular flexibility index (Phi) is 3.47. The van der Waals surface area contributed by atoms with Gasteiger partial charge in [-0.05, 0) is 49.5 Å². The van der Waals surface area contributed by atoms with Crippen molar-refractivity contribution >= 4 is 5.52 Å². The summed E-state index contributed by atoms with van der Waals surface area (Å²) >= 11 is 0. The number of fused-ring (bicyclic) bond motifs is 1. The summed E-state index contributed by atoms with van der Waals surface area (Å²) in [7, 11) is 4.13. The predicted octanol–water partition coefficient (Wildman–Crippen LogP) is 3.54. The molecule has 0 saturated heterocycles. The van der Waals surface area contributed by atoms with Crippen LogP contribution < -0.4 is 0 Å². The number of hydrogen-bond acceptors (Lipinski definition) is 2. The van der Waals surface area contributed by atoms with Crippen LogP contribution in [0.2, 0.25) is 0 Å². The number of nitrogens with zero attached hydrogens (tertiary/aromatic N) is 3. The molecule has 0 amide bonds. The Morgan fingerprint density at radius 2 is 1.95 bits per heavy atom. The van der Waals surface area contributed by atoms with Crippen LogP contribution in [0.4, 0.5) is 0 Å². The van der Waals surface area contributed by atoms with E-state index in [2.05, 4.69) is 53.7 Å². The lowest BCUT2D eigenvalue weighted by Crippen LogP contribution is -2.10. The molecule has 0 aliphatic heterocycles. The second kappa shape index (κ2) is 5.43. The molecule has 3 nitrogen and oxygen atoms in total. The zero-order chi connectivity index (χ0) is 14.8. The standard InChI is InChI=1S/C18H17N3/c1-20(2)13-14-6-5-7-15(10-14)18-11-16(12-19)17-8-3-4-9-21(17)18/h3-11H,13H2,1-2H3. The van der Waals surface area contributed by atoms with Gasteiger partial charge in [0.2, 0.25) is 0 Å². The highest BCUT2D eigenvalue weighted by atomic mass is 15.0. The summed E-state index contributed by atoms with van der Waals surface area (Å²) in [6, 6.07) is 18.7. The highest BCUT2D eigenvalue weighted by Gasteiger charge is 2.10. The van der Waals surface area contributed by atoms with Gasteiger partial charge < -0.3 is 9.30 Å². The first kappa shape index (κ1) is 13.4. The second-order valence-corrected chi connectivity index (χ2v) is 5.45. The predicted molar refractivity (Wildman–Crippen MR) is 84.9 cm³/mol. The first-order valence-electron chi connectivity index (χ1n) is 6.93. The van der Waals surface area contributed by atoms with Crippen LogP contribution in [0, 0.1) is 11.3 Å². The molecule has 1 aromatic carbocycles. The third-order valence-electron chi connectivity index (χ3n) is 3.52. The van der Waals surface area contributed by atoms with Crippen LogP contribution in [0.1, 0.15) is 11.1 Å². The largest absolute Gasteiger partial charge is 0.315 e. The van der Waals surface area contributed by atoms with Gasteiger partial charge in [-0.2, -0.15) is 5.26 Å². The number of benzene rings is 1. The fourth-order valence-electron chi connectivity index (χ4n) is 2.66. The molecule has 0 bridgehead atoms. The molecule has 0 N–H and O–H groups in total. The second-order valence-electron chi connectivity index (χ2n) is 5.45. The van der Waals surface area contributed by atoms with Crippen LogP contribution in [-0.2, 0) is 6.54 Å². The number of pyridine rings is 1. The lowest BCUT2D eigenvalue weighted by molar-refractivity contribution is 0.402. The molecule has 0 spiro atoms. The zero-order valence-electron chi connectivity index (χ0n) is 12.2. The molecule has 0 saturated carbocycles. The quantitative estimate of drug-likeness (QED) is 0.732. The molecule has 104 valence electrons. The van der Waals surface area contributed by atoms with E-state index in [0.717, 1.165) is 23.3 Å². The van der Waals surface area contributed by atoms with Crippen LogP contribution >= 0.6 is 0 Å². The number of rotatable bonds is 3. The van der Waals surface area contributed by atoms with E-state index >= 15 is 0 Å². The van der Waals surface area contributed by atoms with Gasteiger partial charge in [0.25, 0.3) is 0 Å². The third-order valence-corrected chi connectivity index (χ3v) is 3.52. The highest BCUT2D eigenvalue weighted by Crippen LogP contribution is 2.26. The van der Waals surface area contributed by atoms with Crippen molar-refractivity contribution in [2.45, 2.75) is 6.54 Å². The van der Waals surface area contributed by atoms with E-state index in [1.807, 2.05) is 30.5 Å². The first-order chi connectivity index (χ1) is 10.2. The smallest absolute Gasteiger partial charge is 0.101 e. The van der Waals surface area contributed by atoms with Crippen LogP contribution in [0.3, 0.4) is 0 Å². The fourth-order valence-corrected chi connectivity index (χ4v) is 2.66. The van der Waals surface area contributed by atoms with Crippen LogP contribution in [0.5, 0.6) is 0 Å². The molecule has 3 heteroatoms. The molecule has 0 aliphatic carbocycles. The third kappa shape index (κ3) is 2.54. The van der Waals surface area contributed by atoms with Crippen LogP contribution in [0.25, 0.3) is 16.8 Å². The minimum absolute atomic E-state index is 0.712. The van der Waals surface area contributed by atoms with E-state index in [1.54, 1.807) is 0 Å². The zero-order valence-corrected chi connectivity index (χ0v) is 12.2. The fraction of sp³-hybridized carbons (Fsp3) is 0.167. The first-order valence-corrected chi connectivity index (χ1v) is 6.93. The van der Waals surface area contributed by atoms with Crippen molar-refractivity contribution in [1.29, 1.82) is 5.26 Å². The molecule has 0 aliphatic rings. The van der Waals surface area contributed by atoms with E-state index in [0.29, 0.717) is 5.56 Å². The molecule has 0 atom stereocenters. The molecule has 3 aromatic rings. The van der Waals surface area contributed by atoms with E-state index in [9.17, 15) is 5.26 Å². The van der Waals surface area contributed by atoms with Crippen molar-refractivity contribution in [3.8, 4) is 17.3 Å². The summed E-state index contributed by atoms with van der Waals surface area (Å²) in [5, 5.41) is 9.30. The molecular formula is C18H17N3. The molecule has 0 unspecified atom stereocenters. The van der Waals surface area contributed by atoms with Gasteiger partial charge in [0.1, 0.15) is 6.07 Å². The summed E-state index contributed by atoms with van der Waals surface area (Å²) in [6.07, 6.45) is 2.00. The minimum Gasteiger partial charge on any atom is -0.315 e. The molecular weight excluding hydrogens is 258 g/mol. The molecule has 0 radical (unpaired) electrons. The average molecular weight is 275 g/mol. The average Bonchev–Trinajstić information content (AvgIpc) is 2.86. The van der Waals surface area contributed by atoms with Gasteiger partial charge in [-0.25, -0.2) is 0 Å². The van der Waals surface area contributed by atoms with Crippen molar-refractivity contribution in [3.05, 3.63) is 65.9 Å². The summed E-state index contributed by atoms with van der Waals surface area (Å²) in [5.74, 6) is 0. The summed E-state index contributed by atoms with van der Waals surface area (Å²) in [5.41, 5.74) is 5.12. The lowest BCUT2D eigenvalue weighted by atomic mass is 10.1. The Hall–Kier alpha value is -2.57. The van der Waals surface area contributed by atoms with Crippen LogP contribution in [-0.4, -0.2) is 23.4 Å². The Bertz CT molecular complexity index is 822. The molecule has 2 heterocycles. The van der Waals surface area contributed by atoms with Crippen molar-refractivity contribution in [2.75, 3.05) is 14.1 Å². The van der Waals surface area contributed by atoms with Gasteiger partial charge in [0, 0.05) is 12.7 Å². The van der Waals surface area contributed by atoms with Crippen LogP contribution in [0.15, 0.2) is 54.7 Å². The maximum absolute atomic E-state index is 9.30. The van der Waals surface area contributed by atoms with Gasteiger partial charge in [-0.15, -0.1) is 0 Å². The maximum Gasteiger partial charge on any atom is 0.101 e. The van der Waals surface area contributed by atoms with Crippen molar-refractivity contribution in [3.63, 3.8) is 0 Å². The normalized spacial score (nSPS) is 11.0. The Balaban J connectivity index is 2.15. The van der Waals surface area contributed by atoms with Crippen molar-refractivity contribution < 1.29 is 0 Å².